The number of imidazole rings is 1. The van der Waals surface area contributed by atoms with Crippen molar-refractivity contribution in [3.05, 3.63) is 42.0 Å². The van der Waals surface area contributed by atoms with Crippen LogP contribution >= 0.6 is 0 Å². The number of carbonyl (C=O) groups is 1. The first-order valence-corrected chi connectivity index (χ1v) is 6.22. The molecule has 19 heavy (non-hydrogen) atoms. The summed E-state index contributed by atoms with van der Waals surface area (Å²) in [5.41, 5.74) is 1.21. The number of hydrogen-bond donors (Lipinski definition) is 1. The van der Waals surface area contributed by atoms with Gasteiger partial charge in [0.05, 0.1) is 5.56 Å². The third kappa shape index (κ3) is 1.91. The summed E-state index contributed by atoms with van der Waals surface area (Å²) in [5, 5.41) is 9.30. The van der Waals surface area contributed by atoms with Crippen LogP contribution in [0.25, 0.3) is 11.4 Å². The predicted octanol–water partition coefficient (Wildman–Crippen LogP) is 2.65. The third-order valence-electron chi connectivity index (χ3n) is 3.50. The van der Waals surface area contributed by atoms with Gasteiger partial charge in [-0.25, -0.2) is 14.2 Å². The van der Waals surface area contributed by atoms with Gasteiger partial charge >= 0.3 is 5.97 Å². The van der Waals surface area contributed by atoms with Crippen molar-refractivity contribution >= 4 is 5.97 Å². The van der Waals surface area contributed by atoms with E-state index in [4.69, 9.17) is 0 Å². The molecule has 1 unspecified atom stereocenters. The van der Waals surface area contributed by atoms with Gasteiger partial charge in [-0.15, -0.1) is 0 Å². The fourth-order valence-corrected chi connectivity index (χ4v) is 2.61. The van der Waals surface area contributed by atoms with Crippen LogP contribution < -0.4 is 0 Å². The molecule has 1 aromatic carbocycles. The minimum absolute atomic E-state index is 0.349. The Morgan fingerprint density at radius 3 is 2.95 bits per heavy atom. The van der Waals surface area contributed by atoms with Crippen LogP contribution in [0.3, 0.4) is 0 Å². The lowest BCUT2D eigenvalue weighted by atomic mass is 10.0. The summed E-state index contributed by atoms with van der Waals surface area (Å²) in [6.07, 6.45) is 3.81. The molecule has 4 nitrogen and oxygen atoms in total. The second-order valence-corrected chi connectivity index (χ2v) is 4.67. The van der Waals surface area contributed by atoms with Crippen molar-refractivity contribution in [2.24, 2.45) is 0 Å². The van der Waals surface area contributed by atoms with Crippen molar-refractivity contribution in [3.8, 4) is 11.4 Å². The van der Waals surface area contributed by atoms with E-state index in [1.54, 1.807) is 29.0 Å². The van der Waals surface area contributed by atoms with Crippen LogP contribution in [0, 0.1) is 5.82 Å². The number of nitrogens with zero attached hydrogens (tertiary/aromatic N) is 2. The summed E-state index contributed by atoms with van der Waals surface area (Å²) in [5.74, 6) is -0.873. The molecule has 3 rings (SSSR count). The summed E-state index contributed by atoms with van der Waals surface area (Å²) in [6, 6.07) is 5.65. The quantitative estimate of drug-likeness (QED) is 0.903. The smallest absolute Gasteiger partial charge is 0.326 e. The molecule has 1 aromatic heterocycles. The Balaban J connectivity index is 2.17. The van der Waals surface area contributed by atoms with Gasteiger partial charge in [0.15, 0.2) is 0 Å². The first-order valence-electron chi connectivity index (χ1n) is 6.22. The van der Waals surface area contributed by atoms with E-state index < -0.39 is 12.0 Å². The number of benzene rings is 1. The highest BCUT2D eigenvalue weighted by molar-refractivity contribution is 5.74. The molecule has 0 saturated heterocycles. The molecular formula is C14H13FN2O2. The molecule has 1 aliphatic rings. The zero-order valence-electron chi connectivity index (χ0n) is 10.2. The van der Waals surface area contributed by atoms with Crippen molar-refractivity contribution < 1.29 is 14.3 Å². The van der Waals surface area contributed by atoms with Gasteiger partial charge in [0.2, 0.25) is 0 Å². The molecule has 0 saturated carbocycles. The third-order valence-corrected chi connectivity index (χ3v) is 3.50. The highest BCUT2D eigenvalue weighted by Gasteiger charge is 2.29. The van der Waals surface area contributed by atoms with Crippen molar-refractivity contribution in [3.63, 3.8) is 0 Å². The van der Waals surface area contributed by atoms with Crippen LogP contribution in [-0.4, -0.2) is 20.6 Å². The molecule has 0 amide bonds. The normalized spacial score (nSPS) is 18.1. The maximum atomic E-state index is 13.9. The van der Waals surface area contributed by atoms with E-state index in [0.717, 1.165) is 18.5 Å². The molecule has 2 aromatic rings. The Kier molecular flexibility index (Phi) is 2.81. The van der Waals surface area contributed by atoms with Gasteiger partial charge in [0, 0.05) is 11.9 Å². The Morgan fingerprint density at radius 2 is 2.21 bits per heavy atom. The van der Waals surface area contributed by atoms with Gasteiger partial charge < -0.3 is 9.67 Å². The van der Waals surface area contributed by atoms with Crippen LogP contribution in [0.2, 0.25) is 0 Å². The van der Waals surface area contributed by atoms with Crippen molar-refractivity contribution in [1.29, 1.82) is 0 Å². The summed E-state index contributed by atoms with van der Waals surface area (Å²) >= 11 is 0. The van der Waals surface area contributed by atoms with Crippen LogP contribution in [-0.2, 0) is 11.2 Å². The lowest BCUT2D eigenvalue weighted by Gasteiger charge is -2.24. The number of carboxylic acid groups (broad SMARTS) is 1. The fourth-order valence-electron chi connectivity index (χ4n) is 2.61. The molecule has 2 heterocycles. The van der Waals surface area contributed by atoms with Gasteiger partial charge in [-0.2, -0.15) is 0 Å². The molecule has 0 radical (unpaired) electrons. The molecule has 0 spiro atoms. The summed E-state index contributed by atoms with van der Waals surface area (Å²) < 4.78 is 15.5. The van der Waals surface area contributed by atoms with E-state index in [0.29, 0.717) is 17.8 Å². The number of aromatic nitrogens is 2. The molecule has 0 bridgehead atoms. The number of fused-ring (bicyclic) bond motifs is 1. The fraction of sp³-hybridized carbons (Fsp3) is 0.286. The van der Waals surface area contributed by atoms with E-state index in [2.05, 4.69) is 4.98 Å². The minimum atomic E-state index is -0.892. The Labute approximate surface area is 109 Å². The Bertz CT molecular complexity index is 636. The summed E-state index contributed by atoms with van der Waals surface area (Å²) in [7, 11) is 0. The Hall–Kier alpha value is -2.17. The maximum Gasteiger partial charge on any atom is 0.326 e. The number of rotatable bonds is 2. The van der Waals surface area contributed by atoms with E-state index in [1.807, 2.05) is 0 Å². The van der Waals surface area contributed by atoms with E-state index in [9.17, 15) is 14.3 Å². The molecule has 1 atom stereocenters. The van der Waals surface area contributed by atoms with Gasteiger partial charge in [0.1, 0.15) is 17.7 Å². The molecule has 1 N–H and O–H groups in total. The van der Waals surface area contributed by atoms with Crippen molar-refractivity contribution in [2.75, 3.05) is 0 Å². The number of hydrogen-bond acceptors (Lipinski definition) is 2. The van der Waals surface area contributed by atoms with Crippen LogP contribution in [0.4, 0.5) is 4.39 Å². The average molecular weight is 260 g/mol. The van der Waals surface area contributed by atoms with Crippen LogP contribution in [0.5, 0.6) is 0 Å². The first kappa shape index (κ1) is 11.9. The van der Waals surface area contributed by atoms with Crippen molar-refractivity contribution in [1.82, 2.24) is 9.55 Å². The molecule has 98 valence electrons. The topological polar surface area (TPSA) is 55.1 Å². The van der Waals surface area contributed by atoms with Gasteiger partial charge in [-0.3, -0.25) is 0 Å². The van der Waals surface area contributed by atoms with Gasteiger partial charge in [0.25, 0.3) is 0 Å². The molecule has 5 heteroatoms. The van der Waals surface area contributed by atoms with E-state index in [-0.39, 0.29) is 5.82 Å². The number of halogens is 1. The second-order valence-electron chi connectivity index (χ2n) is 4.67. The highest BCUT2D eigenvalue weighted by Crippen LogP contribution is 2.32. The monoisotopic (exact) mass is 260 g/mol. The Morgan fingerprint density at radius 1 is 1.42 bits per heavy atom. The van der Waals surface area contributed by atoms with Crippen LogP contribution in [0.1, 0.15) is 24.6 Å². The zero-order valence-corrected chi connectivity index (χ0v) is 10.2. The number of carboxylic acids is 1. The van der Waals surface area contributed by atoms with Gasteiger partial charge in [-0.05, 0) is 31.4 Å². The number of aryl methyl sites for hydroxylation is 1. The number of aliphatic carboxylic acids is 1. The second kappa shape index (κ2) is 4.50. The predicted molar refractivity (Wildman–Crippen MR) is 67.2 cm³/mol. The molecule has 1 aliphatic heterocycles. The van der Waals surface area contributed by atoms with Crippen molar-refractivity contribution in [2.45, 2.75) is 25.3 Å². The van der Waals surface area contributed by atoms with Crippen LogP contribution in [0.15, 0.2) is 30.5 Å². The standard InChI is InChI=1S/C14H13FN2O2/c15-11-6-2-1-5-10(11)13-16-8-9-4-3-7-12(14(18)19)17(9)13/h1-2,5-6,8,12H,3-4,7H2,(H,18,19). The molecular weight excluding hydrogens is 247 g/mol. The largest absolute Gasteiger partial charge is 0.480 e. The zero-order chi connectivity index (χ0) is 13.4. The first-order chi connectivity index (χ1) is 9.18. The molecule has 0 aliphatic carbocycles. The average Bonchev–Trinajstić information content (AvgIpc) is 2.82. The van der Waals surface area contributed by atoms with Gasteiger partial charge in [-0.1, -0.05) is 12.1 Å². The highest BCUT2D eigenvalue weighted by atomic mass is 19.1. The maximum absolute atomic E-state index is 13.9. The SMILES string of the molecule is O=C(O)C1CCCc2cnc(-c3ccccc3F)n21. The molecule has 0 fully saturated rings. The summed E-state index contributed by atoms with van der Waals surface area (Å²) in [4.78, 5) is 15.6. The van der Waals surface area contributed by atoms with E-state index in [1.165, 1.54) is 6.07 Å². The summed E-state index contributed by atoms with van der Waals surface area (Å²) in [6.45, 7) is 0. The lowest BCUT2D eigenvalue weighted by molar-refractivity contribution is -0.141. The minimum Gasteiger partial charge on any atom is -0.480 e. The lowest BCUT2D eigenvalue weighted by Crippen LogP contribution is -2.25. The van der Waals surface area contributed by atoms with E-state index >= 15 is 0 Å².